The molecule has 4 rings (SSSR count). The number of nitrogens with zero attached hydrogens (tertiary/aromatic N) is 2. The van der Waals surface area contributed by atoms with Gasteiger partial charge in [0, 0.05) is 25.4 Å². The molecule has 2 heterocycles. The Bertz CT molecular complexity index is 606. The molecular weight excluding hydrogens is 309 g/mol. The first-order chi connectivity index (χ1) is 10.9. The lowest BCUT2D eigenvalue weighted by Crippen LogP contribution is -2.58. The Morgan fingerprint density at radius 1 is 1.35 bits per heavy atom. The summed E-state index contributed by atoms with van der Waals surface area (Å²) in [4.78, 5) is 6.13. The monoisotopic (exact) mass is 328 g/mol. The summed E-state index contributed by atoms with van der Waals surface area (Å²) in [6.07, 6.45) is -1.38. The summed E-state index contributed by atoms with van der Waals surface area (Å²) in [7, 11) is 3.79. The fourth-order valence-electron chi connectivity index (χ4n) is 4.70. The number of rotatable bonds is 4. The highest BCUT2D eigenvalue weighted by molar-refractivity contribution is 5.30. The number of likely N-dealkylation sites (N-methyl/N-ethyl adjacent to an activating group) is 1. The van der Waals surface area contributed by atoms with Crippen molar-refractivity contribution in [3.8, 4) is 5.88 Å². The van der Waals surface area contributed by atoms with E-state index in [1.807, 2.05) is 0 Å². The molecule has 5 atom stereocenters. The summed E-state index contributed by atoms with van der Waals surface area (Å²) < 4.78 is 48.8. The molecule has 1 aliphatic heterocycles. The van der Waals surface area contributed by atoms with Crippen LogP contribution in [0.5, 0.6) is 5.88 Å². The third-order valence-electron chi connectivity index (χ3n) is 5.80. The second kappa shape index (κ2) is 4.83. The molecule has 1 saturated heterocycles. The summed E-state index contributed by atoms with van der Waals surface area (Å²) in [5, 5.41) is 0. The second-order valence-corrected chi connectivity index (χ2v) is 6.92. The van der Waals surface area contributed by atoms with Gasteiger partial charge in [-0.05, 0) is 37.3 Å². The normalized spacial score (nSPS) is 38.7. The Morgan fingerprint density at radius 2 is 2.13 bits per heavy atom. The van der Waals surface area contributed by atoms with Gasteiger partial charge in [0.15, 0.2) is 0 Å². The minimum absolute atomic E-state index is 0.00362. The lowest BCUT2D eigenvalue weighted by atomic mass is 9.73. The molecule has 1 spiro atoms. The van der Waals surface area contributed by atoms with Crippen molar-refractivity contribution in [3.05, 3.63) is 23.9 Å². The minimum Gasteiger partial charge on any atom is -0.473 e. The molecule has 23 heavy (non-hydrogen) atoms. The van der Waals surface area contributed by atoms with E-state index < -0.39 is 11.7 Å². The van der Waals surface area contributed by atoms with Crippen molar-refractivity contribution in [1.29, 1.82) is 0 Å². The van der Waals surface area contributed by atoms with Crippen LogP contribution in [0.2, 0.25) is 0 Å². The van der Waals surface area contributed by atoms with Crippen molar-refractivity contribution in [2.24, 2.45) is 11.3 Å². The van der Waals surface area contributed by atoms with E-state index in [4.69, 9.17) is 9.47 Å². The van der Waals surface area contributed by atoms with Gasteiger partial charge in [0.25, 0.3) is 0 Å². The van der Waals surface area contributed by atoms with E-state index >= 15 is 0 Å². The number of ether oxygens (including phenoxy) is 2. The van der Waals surface area contributed by atoms with Gasteiger partial charge in [-0.3, -0.25) is 4.90 Å². The fraction of sp³-hybridized carbons (Fsp3) is 0.688. The summed E-state index contributed by atoms with van der Waals surface area (Å²) in [5.41, 5.74) is -0.413. The zero-order chi connectivity index (χ0) is 16.4. The Kier molecular flexibility index (Phi) is 3.19. The van der Waals surface area contributed by atoms with E-state index in [2.05, 4.69) is 16.9 Å². The van der Waals surface area contributed by atoms with Crippen LogP contribution in [0, 0.1) is 11.3 Å². The number of methoxy groups -OCH3 is 1. The van der Waals surface area contributed by atoms with E-state index in [1.165, 1.54) is 12.5 Å². The van der Waals surface area contributed by atoms with E-state index in [1.54, 1.807) is 7.11 Å². The number of hydrogen-bond acceptors (Lipinski definition) is 4. The third-order valence-corrected chi connectivity index (χ3v) is 5.80. The van der Waals surface area contributed by atoms with Gasteiger partial charge in [0.1, 0.15) is 6.10 Å². The average molecular weight is 328 g/mol. The van der Waals surface area contributed by atoms with E-state index in [0.717, 1.165) is 18.7 Å². The van der Waals surface area contributed by atoms with Crippen molar-refractivity contribution in [1.82, 2.24) is 9.88 Å². The molecule has 126 valence electrons. The van der Waals surface area contributed by atoms with Crippen molar-refractivity contribution in [2.75, 3.05) is 20.8 Å². The predicted molar refractivity (Wildman–Crippen MR) is 76.0 cm³/mol. The van der Waals surface area contributed by atoms with Gasteiger partial charge in [0.2, 0.25) is 5.88 Å². The molecule has 4 nitrogen and oxygen atoms in total. The van der Waals surface area contributed by atoms with Gasteiger partial charge in [-0.2, -0.15) is 13.2 Å². The van der Waals surface area contributed by atoms with Crippen LogP contribution >= 0.6 is 0 Å². The van der Waals surface area contributed by atoms with Crippen LogP contribution in [0.15, 0.2) is 18.3 Å². The quantitative estimate of drug-likeness (QED) is 0.851. The van der Waals surface area contributed by atoms with Gasteiger partial charge in [-0.25, -0.2) is 4.98 Å². The van der Waals surface area contributed by atoms with Crippen molar-refractivity contribution in [3.63, 3.8) is 0 Å². The maximum atomic E-state index is 12.6. The zero-order valence-electron chi connectivity index (χ0n) is 13.0. The molecule has 2 saturated carbocycles. The van der Waals surface area contributed by atoms with Crippen molar-refractivity contribution in [2.45, 2.75) is 37.2 Å². The fourth-order valence-corrected chi connectivity index (χ4v) is 4.70. The number of hydrogen-bond donors (Lipinski definition) is 0. The first kappa shape index (κ1) is 15.2. The minimum atomic E-state index is -4.37. The number of piperidine rings is 1. The summed E-state index contributed by atoms with van der Waals surface area (Å²) >= 11 is 0. The second-order valence-electron chi connectivity index (χ2n) is 6.92. The van der Waals surface area contributed by atoms with Crippen LogP contribution in [0.3, 0.4) is 0 Å². The van der Waals surface area contributed by atoms with Crippen LogP contribution < -0.4 is 4.74 Å². The maximum Gasteiger partial charge on any atom is 0.417 e. The Balaban J connectivity index is 1.44. The zero-order valence-corrected chi connectivity index (χ0v) is 13.0. The Labute approximate surface area is 132 Å². The van der Waals surface area contributed by atoms with Gasteiger partial charge >= 0.3 is 6.18 Å². The molecule has 0 N–H and O–H groups in total. The first-order valence-electron chi connectivity index (χ1n) is 7.77. The van der Waals surface area contributed by atoms with E-state index in [9.17, 15) is 13.2 Å². The molecule has 7 heteroatoms. The molecule has 0 radical (unpaired) electrons. The molecule has 1 aromatic heterocycles. The highest BCUT2D eigenvalue weighted by Gasteiger charge is 2.77. The highest BCUT2D eigenvalue weighted by Crippen LogP contribution is 2.73. The van der Waals surface area contributed by atoms with E-state index in [-0.39, 0.29) is 12.0 Å². The molecule has 3 fully saturated rings. The lowest BCUT2D eigenvalue weighted by Gasteiger charge is -2.46. The molecule has 0 aromatic carbocycles. The largest absolute Gasteiger partial charge is 0.473 e. The molecule has 1 aromatic rings. The molecule has 2 aliphatic carbocycles. The molecule has 3 aliphatic rings. The smallest absolute Gasteiger partial charge is 0.417 e. The van der Waals surface area contributed by atoms with E-state index in [0.29, 0.717) is 30.0 Å². The van der Waals surface area contributed by atoms with Crippen LogP contribution in [-0.4, -0.2) is 48.8 Å². The van der Waals surface area contributed by atoms with Crippen LogP contribution in [0.25, 0.3) is 0 Å². The molecular formula is C16H19F3N2O2. The topological polar surface area (TPSA) is 34.6 Å². The third kappa shape index (κ3) is 2.16. The average Bonchev–Trinajstić information content (AvgIpc) is 3.16. The Morgan fingerprint density at radius 3 is 2.74 bits per heavy atom. The van der Waals surface area contributed by atoms with Crippen molar-refractivity contribution < 1.29 is 22.6 Å². The lowest BCUT2D eigenvalue weighted by molar-refractivity contribution is -0.137. The van der Waals surface area contributed by atoms with Crippen molar-refractivity contribution >= 4 is 0 Å². The van der Waals surface area contributed by atoms with Gasteiger partial charge in [-0.15, -0.1) is 0 Å². The standard InChI is InChI=1S/C16H19F3N2O2/c1-21-11(8-22-2)10-5-15(10)6-12(14(15)21)23-13-4-3-9(7-20-13)16(17,18)19/h3-4,7,10-12,14H,5-6,8H2,1-2H3. The predicted octanol–water partition coefficient (Wildman–Crippen LogP) is 2.59. The summed E-state index contributed by atoms with van der Waals surface area (Å²) in [6.45, 7) is 0.713. The number of likely N-dealkylation sites (tertiary alicyclic amines) is 1. The SMILES string of the molecule is COCC1C2CC23CC(Oc2ccc(C(F)(F)F)cn2)C3N1C. The number of halogens is 3. The van der Waals surface area contributed by atoms with Gasteiger partial charge < -0.3 is 9.47 Å². The first-order valence-corrected chi connectivity index (χ1v) is 7.77. The summed E-state index contributed by atoms with van der Waals surface area (Å²) in [5.74, 6) is 0.927. The Hall–Kier alpha value is -1.34. The maximum absolute atomic E-state index is 12.6. The van der Waals surface area contributed by atoms with Crippen LogP contribution in [0.1, 0.15) is 18.4 Å². The molecule has 0 amide bonds. The van der Waals surface area contributed by atoms with Gasteiger partial charge in [0.05, 0.1) is 18.2 Å². The number of aromatic nitrogens is 1. The number of pyridine rings is 1. The summed E-state index contributed by atoms with van der Waals surface area (Å²) in [6, 6.07) is 3.05. The molecule has 5 unspecified atom stereocenters. The molecule has 0 bridgehead atoms. The van der Waals surface area contributed by atoms with Crippen LogP contribution in [0.4, 0.5) is 13.2 Å². The number of alkyl halides is 3. The van der Waals surface area contributed by atoms with Gasteiger partial charge in [-0.1, -0.05) is 0 Å². The highest BCUT2D eigenvalue weighted by atomic mass is 19.4. The van der Waals surface area contributed by atoms with Crippen LogP contribution in [-0.2, 0) is 10.9 Å².